The number of fused-ring (bicyclic) bond motifs is 1. The Morgan fingerprint density at radius 1 is 1.07 bits per heavy atom. The van der Waals surface area contributed by atoms with Crippen molar-refractivity contribution in [3.63, 3.8) is 0 Å². The van der Waals surface area contributed by atoms with Crippen molar-refractivity contribution >= 4 is 15.9 Å². The average molecular weight is 417 g/mol. The molecule has 156 valence electrons. The molecule has 0 fully saturated rings. The van der Waals surface area contributed by atoms with Crippen LogP contribution in [0.3, 0.4) is 0 Å². The Morgan fingerprint density at radius 3 is 2.45 bits per heavy atom. The third kappa shape index (κ3) is 5.44. The van der Waals surface area contributed by atoms with Crippen molar-refractivity contribution < 1.29 is 17.9 Å². The summed E-state index contributed by atoms with van der Waals surface area (Å²) in [6, 6.07) is 12.2. The van der Waals surface area contributed by atoms with E-state index >= 15 is 0 Å². The minimum absolute atomic E-state index is 0.118. The van der Waals surface area contributed by atoms with Crippen molar-refractivity contribution in [1.29, 1.82) is 0 Å². The second-order valence-corrected chi connectivity index (χ2v) is 9.11. The van der Waals surface area contributed by atoms with Gasteiger partial charge in [-0.1, -0.05) is 18.2 Å². The van der Waals surface area contributed by atoms with Gasteiger partial charge in [-0.05, 0) is 73.6 Å². The first-order valence-electron chi connectivity index (χ1n) is 9.92. The molecule has 0 bridgehead atoms. The highest BCUT2D eigenvalue weighted by atomic mass is 32.2. The zero-order chi connectivity index (χ0) is 20.9. The summed E-state index contributed by atoms with van der Waals surface area (Å²) in [4.78, 5) is 12.7. The molecule has 1 aliphatic carbocycles. The van der Waals surface area contributed by atoms with Gasteiger partial charge in [-0.3, -0.25) is 4.79 Å². The zero-order valence-electron chi connectivity index (χ0n) is 16.9. The predicted octanol–water partition coefficient (Wildman–Crippen LogP) is 2.98. The highest BCUT2D eigenvalue weighted by Gasteiger charge is 2.17. The molecular weight excluding hydrogens is 388 g/mol. The first kappa shape index (κ1) is 21.5. The van der Waals surface area contributed by atoms with E-state index in [-0.39, 0.29) is 23.4 Å². The van der Waals surface area contributed by atoms with Crippen LogP contribution in [-0.2, 0) is 27.6 Å². The number of hydrogen-bond acceptors (Lipinski definition) is 4. The molecule has 1 amide bonds. The Balaban J connectivity index is 1.64. The summed E-state index contributed by atoms with van der Waals surface area (Å²) in [5.41, 5.74) is 4.30. The van der Waals surface area contributed by atoms with Crippen LogP contribution in [0.15, 0.2) is 47.4 Å². The van der Waals surface area contributed by atoms with Crippen LogP contribution in [0.25, 0.3) is 0 Å². The van der Waals surface area contributed by atoms with Crippen molar-refractivity contribution in [1.82, 2.24) is 10.0 Å². The lowest BCUT2D eigenvalue weighted by Crippen LogP contribution is -2.28. The molecule has 2 aromatic carbocycles. The third-order valence-electron chi connectivity index (χ3n) is 5.25. The number of sulfonamides is 1. The number of rotatable bonds is 8. The average Bonchev–Trinajstić information content (AvgIpc) is 2.73. The Bertz CT molecular complexity index is 955. The molecule has 6 nitrogen and oxygen atoms in total. The quantitative estimate of drug-likeness (QED) is 0.648. The Hall–Kier alpha value is -2.22. The second-order valence-electron chi connectivity index (χ2n) is 7.35. The molecule has 0 spiro atoms. The first-order valence-corrected chi connectivity index (χ1v) is 11.4. The summed E-state index contributed by atoms with van der Waals surface area (Å²) in [6.07, 6.45) is 4.68. The van der Waals surface area contributed by atoms with E-state index in [1.807, 2.05) is 6.92 Å². The Kier molecular flexibility index (Phi) is 7.05. The van der Waals surface area contributed by atoms with Gasteiger partial charge in [0.2, 0.25) is 10.0 Å². The van der Waals surface area contributed by atoms with Crippen molar-refractivity contribution in [2.24, 2.45) is 0 Å². The lowest BCUT2D eigenvalue weighted by atomic mass is 9.89. The van der Waals surface area contributed by atoms with Gasteiger partial charge in [-0.25, -0.2) is 13.1 Å². The van der Waals surface area contributed by atoms with Crippen molar-refractivity contribution in [2.75, 3.05) is 20.3 Å². The molecule has 7 heteroatoms. The van der Waals surface area contributed by atoms with Crippen LogP contribution in [0.1, 0.15) is 52.9 Å². The fourth-order valence-electron chi connectivity index (χ4n) is 3.53. The van der Waals surface area contributed by atoms with Crippen LogP contribution in [0.2, 0.25) is 0 Å². The third-order valence-corrected chi connectivity index (χ3v) is 6.72. The lowest BCUT2D eigenvalue weighted by Gasteiger charge is -2.20. The molecule has 1 atom stereocenters. The van der Waals surface area contributed by atoms with Gasteiger partial charge < -0.3 is 10.1 Å². The number of ether oxygens (including phenoxy) is 1. The number of aryl methyl sites for hydroxylation is 2. The van der Waals surface area contributed by atoms with Crippen LogP contribution in [-0.4, -0.2) is 34.6 Å². The van der Waals surface area contributed by atoms with E-state index in [1.165, 1.54) is 55.3 Å². The monoisotopic (exact) mass is 416 g/mol. The summed E-state index contributed by atoms with van der Waals surface area (Å²) >= 11 is 0. The zero-order valence-corrected chi connectivity index (χ0v) is 17.7. The minimum atomic E-state index is -3.61. The molecule has 1 aliphatic rings. The largest absolute Gasteiger partial charge is 0.383 e. The SMILES string of the molecule is COCCNS(=O)(=O)c1ccc(C(=O)NC(C)c2ccc3c(c2)CCCC3)cc1. The number of methoxy groups -OCH3 is 1. The molecule has 0 saturated heterocycles. The Morgan fingerprint density at radius 2 is 1.76 bits per heavy atom. The van der Waals surface area contributed by atoms with Gasteiger partial charge in [0.1, 0.15) is 0 Å². The van der Waals surface area contributed by atoms with Crippen LogP contribution in [0.5, 0.6) is 0 Å². The molecule has 3 rings (SSSR count). The van der Waals surface area contributed by atoms with E-state index in [0.29, 0.717) is 12.2 Å². The molecule has 2 N–H and O–H groups in total. The summed E-state index contributed by atoms with van der Waals surface area (Å²) in [5, 5.41) is 3.00. The van der Waals surface area contributed by atoms with Crippen LogP contribution in [0, 0.1) is 0 Å². The summed E-state index contributed by atoms with van der Waals surface area (Å²) < 4.78 is 31.7. The number of carbonyl (C=O) groups excluding carboxylic acids is 1. The fourth-order valence-corrected chi connectivity index (χ4v) is 4.55. The van der Waals surface area contributed by atoms with Gasteiger partial charge in [-0.2, -0.15) is 0 Å². The van der Waals surface area contributed by atoms with Gasteiger partial charge in [-0.15, -0.1) is 0 Å². The number of nitrogens with one attached hydrogen (secondary N) is 2. The van der Waals surface area contributed by atoms with Gasteiger partial charge in [0.25, 0.3) is 5.91 Å². The lowest BCUT2D eigenvalue weighted by molar-refractivity contribution is 0.0939. The van der Waals surface area contributed by atoms with Gasteiger partial charge >= 0.3 is 0 Å². The van der Waals surface area contributed by atoms with Gasteiger partial charge in [0, 0.05) is 19.2 Å². The molecular formula is C22H28N2O4S. The molecule has 1 unspecified atom stereocenters. The number of hydrogen-bond donors (Lipinski definition) is 2. The number of benzene rings is 2. The minimum Gasteiger partial charge on any atom is -0.383 e. The molecule has 0 heterocycles. The second kappa shape index (κ2) is 9.52. The Labute approximate surface area is 172 Å². The van der Waals surface area contributed by atoms with E-state index in [4.69, 9.17) is 4.74 Å². The molecule has 0 aliphatic heterocycles. The molecule has 0 saturated carbocycles. The predicted molar refractivity (Wildman–Crippen MR) is 112 cm³/mol. The molecule has 29 heavy (non-hydrogen) atoms. The van der Waals surface area contributed by atoms with E-state index < -0.39 is 10.0 Å². The van der Waals surface area contributed by atoms with E-state index in [2.05, 4.69) is 28.2 Å². The van der Waals surface area contributed by atoms with E-state index in [1.54, 1.807) is 0 Å². The number of amides is 1. The maximum absolute atomic E-state index is 12.6. The van der Waals surface area contributed by atoms with Crippen molar-refractivity contribution in [3.8, 4) is 0 Å². The van der Waals surface area contributed by atoms with Gasteiger partial charge in [0.15, 0.2) is 0 Å². The van der Waals surface area contributed by atoms with E-state index in [9.17, 15) is 13.2 Å². The molecule has 0 radical (unpaired) electrons. The maximum atomic E-state index is 12.6. The standard InChI is InChI=1S/C22H28N2O4S/c1-16(19-8-7-17-5-3-4-6-20(17)15-19)24-22(25)18-9-11-21(12-10-18)29(26,27)23-13-14-28-2/h7-12,15-16,23H,3-6,13-14H2,1-2H3,(H,24,25). The van der Waals surface area contributed by atoms with Crippen molar-refractivity contribution in [3.05, 3.63) is 64.7 Å². The fraction of sp³-hybridized carbons (Fsp3) is 0.409. The van der Waals surface area contributed by atoms with Crippen molar-refractivity contribution in [2.45, 2.75) is 43.5 Å². The highest BCUT2D eigenvalue weighted by Crippen LogP contribution is 2.25. The normalized spacial score (nSPS) is 14.8. The maximum Gasteiger partial charge on any atom is 0.251 e. The highest BCUT2D eigenvalue weighted by molar-refractivity contribution is 7.89. The van der Waals surface area contributed by atoms with Crippen LogP contribution < -0.4 is 10.0 Å². The number of carbonyl (C=O) groups is 1. The first-order chi connectivity index (χ1) is 13.9. The van der Waals surface area contributed by atoms with Gasteiger partial charge in [0.05, 0.1) is 17.5 Å². The topological polar surface area (TPSA) is 84.5 Å². The molecule has 2 aromatic rings. The summed E-state index contributed by atoms with van der Waals surface area (Å²) in [7, 11) is -2.10. The van der Waals surface area contributed by atoms with Crippen LogP contribution >= 0.6 is 0 Å². The smallest absolute Gasteiger partial charge is 0.251 e. The summed E-state index contributed by atoms with van der Waals surface area (Å²) in [6.45, 7) is 2.45. The van der Waals surface area contributed by atoms with Crippen LogP contribution in [0.4, 0.5) is 0 Å². The van der Waals surface area contributed by atoms with E-state index in [0.717, 1.165) is 18.4 Å². The summed E-state index contributed by atoms with van der Waals surface area (Å²) in [5.74, 6) is -0.230. The molecule has 0 aromatic heterocycles.